The van der Waals surface area contributed by atoms with Crippen LogP contribution in [0.4, 0.5) is 0 Å². The maximum Gasteiger partial charge on any atom is 0.140 e. The average molecular weight is 280 g/mol. The summed E-state index contributed by atoms with van der Waals surface area (Å²) in [6.07, 6.45) is 3.95. The zero-order valence-electron chi connectivity index (χ0n) is 13.0. The van der Waals surface area contributed by atoms with Gasteiger partial charge in [-0.15, -0.1) is 0 Å². The molecule has 1 unspecified atom stereocenters. The summed E-state index contributed by atoms with van der Waals surface area (Å²) >= 11 is 0. The van der Waals surface area contributed by atoms with Crippen molar-refractivity contribution in [3.63, 3.8) is 0 Å². The van der Waals surface area contributed by atoms with E-state index in [1.807, 2.05) is 19.1 Å². The standard InChI is InChI=1S/C16H28N2O2/c1-4-6-9-19-10-11-20-16-8-7-13(3)18-15(16)12-14(17)5-2/h7-8,14H,4-6,9-12,17H2,1-3H3. The second kappa shape index (κ2) is 9.72. The summed E-state index contributed by atoms with van der Waals surface area (Å²) in [5, 5.41) is 0. The summed E-state index contributed by atoms with van der Waals surface area (Å²) in [6.45, 7) is 8.21. The first kappa shape index (κ1) is 16.9. The zero-order valence-corrected chi connectivity index (χ0v) is 13.0. The van der Waals surface area contributed by atoms with Gasteiger partial charge >= 0.3 is 0 Å². The van der Waals surface area contributed by atoms with Crippen molar-refractivity contribution >= 4 is 0 Å². The van der Waals surface area contributed by atoms with Crippen LogP contribution in [0.25, 0.3) is 0 Å². The van der Waals surface area contributed by atoms with E-state index in [0.29, 0.717) is 13.2 Å². The van der Waals surface area contributed by atoms with Gasteiger partial charge in [-0.2, -0.15) is 0 Å². The first-order chi connectivity index (χ1) is 9.67. The molecule has 0 bridgehead atoms. The molecule has 0 amide bonds. The lowest BCUT2D eigenvalue weighted by Gasteiger charge is -2.14. The first-order valence-corrected chi connectivity index (χ1v) is 7.60. The summed E-state index contributed by atoms with van der Waals surface area (Å²) in [7, 11) is 0. The number of unbranched alkanes of at least 4 members (excludes halogenated alkanes) is 1. The molecule has 114 valence electrons. The van der Waals surface area contributed by atoms with Crippen LogP contribution in [0, 0.1) is 6.92 Å². The third kappa shape index (κ3) is 6.35. The molecule has 1 aromatic rings. The van der Waals surface area contributed by atoms with Gasteiger partial charge in [0.05, 0.1) is 12.3 Å². The number of rotatable bonds is 10. The molecule has 2 N–H and O–H groups in total. The van der Waals surface area contributed by atoms with Gasteiger partial charge in [0.1, 0.15) is 12.4 Å². The van der Waals surface area contributed by atoms with Crippen molar-refractivity contribution in [3.8, 4) is 5.75 Å². The Balaban J connectivity index is 2.47. The van der Waals surface area contributed by atoms with Crippen LogP contribution in [-0.4, -0.2) is 30.8 Å². The monoisotopic (exact) mass is 280 g/mol. The minimum Gasteiger partial charge on any atom is -0.489 e. The van der Waals surface area contributed by atoms with E-state index in [-0.39, 0.29) is 6.04 Å². The zero-order chi connectivity index (χ0) is 14.8. The lowest BCUT2D eigenvalue weighted by atomic mass is 10.1. The molecule has 1 heterocycles. The number of aromatic nitrogens is 1. The maximum atomic E-state index is 6.01. The second-order valence-electron chi connectivity index (χ2n) is 5.08. The van der Waals surface area contributed by atoms with E-state index in [4.69, 9.17) is 15.2 Å². The molecule has 4 nitrogen and oxygen atoms in total. The highest BCUT2D eigenvalue weighted by Crippen LogP contribution is 2.18. The minimum atomic E-state index is 0.132. The molecule has 0 saturated carbocycles. The lowest BCUT2D eigenvalue weighted by Crippen LogP contribution is -2.22. The predicted octanol–water partition coefficient (Wildman–Crippen LogP) is 2.87. The van der Waals surface area contributed by atoms with E-state index in [0.717, 1.165) is 49.4 Å². The van der Waals surface area contributed by atoms with Crippen LogP contribution in [0.2, 0.25) is 0 Å². The summed E-state index contributed by atoms with van der Waals surface area (Å²) in [4.78, 5) is 4.54. The number of nitrogens with zero attached hydrogens (tertiary/aromatic N) is 1. The van der Waals surface area contributed by atoms with Crippen LogP contribution < -0.4 is 10.5 Å². The smallest absolute Gasteiger partial charge is 0.140 e. The number of hydrogen-bond donors (Lipinski definition) is 1. The Morgan fingerprint density at radius 1 is 1.20 bits per heavy atom. The summed E-state index contributed by atoms with van der Waals surface area (Å²) in [5.41, 5.74) is 7.96. The molecule has 0 spiro atoms. The molecule has 1 rings (SSSR count). The number of nitrogens with two attached hydrogens (primary N) is 1. The van der Waals surface area contributed by atoms with Gasteiger partial charge < -0.3 is 15.2 Å². The van der Waals surface area contributed by atoms with Gasteiger partial charge in [0.15, 0.2) is 0 Å². The molecule has 4 heteroatoms. The summed E-state index contributed by atoms with van der Waals surface area (Å²) in [5.74, 6) is 0.832. The fourth-order valence-corrected chi connectivity index (χ4v) is 1.83. The van der Waals surface area contributed by atoms with Crippen molar-refractivity contribution in [3.05, 3.63) is 23.5 Å². The van der Waals surface area contributed by atoms with Crippen molar-refractivity contribution in [2.45, 2.75) is 52.5 Å². The van der Waals surface area contributed by atoms with Crippen LogP contribution in [0.3, 0.4) is 0 Å². The molecule has 0 saturated heterocycles. The van der Waals surface area contributed by atoms with Crippen molar-refractivity contribution in [2.75, 3.05) is 19.8 Å². The van der Waals surface area contributed by atoms with Crippen LogP contribution in [-0.2, 0) is 11.2 Å². The van der Waals surface area contributed by atoms with E-state index >= 15 is 0 Å². The van der Waals surface area contributed by atoms with Gasteiger partial charge in [0.2, 0.25) is 0 Å². The van der Waals surface area contributed by atoms with Gasteiger partial charge in [0, 0.05) is 24.8 Å². The van der Waals surface area contributed by atoms with Gasteiger partial charge in [-0.1, -0.05) is 20.3 Å². The van der Waals surface area contributed by atoms with Crippen molar-refractivity contribution in [1.29, 1.82) is 0 Å². The minimum absolute atomic E-state index is 0.132. The molecule has 0 aliphatic carbocycles. The Morgan fingerprint density at radius 3 is 2.70 bits per heavy atom. The molecule has 0 aliphatic heterocycles. The van der Waals surface area contributed by atoms with Crippen LogP contribution in [0.15, 0.2) is 12.1 Å². The van der Waals surface area contributed by atoms with Crippen LogP contribution in [0.5, 0.6) is 5.75 Å². The fraction of sp³-hybridized carbons (Fsp3) is 0.688. The highest BCUT2D eigenvalue weighted by molar-refractivity contribution is 5.30. The highest BCUT2D eigenvalue weighted by atomic mass is 16.5. The fourth-order valence-electron chi connectivity index (χ4n) is 1.83. The summed E-state index contributed by atoms with van der Waals surface area (Å²) in [6, 6.07) is 4.08. The van der Waals surface area contributed by atoms with Crippen molar-refractivity contribution < 1.29 is 9.47 Å². The van der Waals surface area contributed by atoms with Crippen LogP contribution in [0.1, 0.15) is 44.5 Å². The highest BCUT2D eigenvalue weighted by Gasteiger charge is 2.10. The average Bonchev–Trinajstić information content (AvgIpc) is 2.44. The quantitative estimate of drug-likeness (QED) is 0.670. The molecule has 20 heavy (non-hydrogen) atoms. The van der Waals surface area contributed by atoms with Gasteiger partial charge in [0.25, 0.3) is 0 Å². The second-order valence-corrected chi connectivity index (χ2v) is 5.08. The predicted molar refractivity (Wildman–Crippen MR) is 82.2 cm³/mol. The molecular formula is C16H28N2O2. The van der Waals surface area contributed by atoms with E-state index in [1.54, 1.807) is 0 Å². The molecule has 0 aromatic carbocycles. The number of aryl methyl sites for hydroxylation is 1. The summed E-state index contributed by atoms with van der Waals surface area (Å²) < 4.78 is 11.3. The Hall–Kier alpha value is -1.13. The first-order valence-electron chi connectivity index (χ1n) is 7.60. The van der Waals surface area contributed by atoms with Crippen molar-refractivity contribution in [1.82, 2.24) is 4.98 Å². The van der Waals surface area contributed by atoms with Gasteiger partial charge in [-0.25, -0.2) is 0 Å². The van der Waals surface area contributed by atoms with E-state index in [9.17, 15) is 0 Å². The van der Waals surface area contributed by atoms with E-state index < -0.39 is 0 Å². The third-order valence-corrected chi connectivity index (χ3v) is 3.18. The Bertz CT molecular complexity index is 383. The van der Waals surface area contributed by atoms with E-state index in [2.05, 4.69) is 18.8 Å². The lowest BCUT2D eigenvalue weighted by molar-refractivity contribution is 0.0975. The molecule has 1 atom stereocenters. The molecule has 0 aliphatic rings. The van der Waals surface area contributed by atoms with Crippen molar-refractivity contribution in [2.24, 2.45) is 5.73 Å². The van der Waals surface area contributed by atoms with Crippen LogP contribution >= 0.6 is 0 Å². The Kier molecular flexibility index (Phi) is 8.23. The van der Waals surface area contributed by atoms with Gasteiger partial charge in [-0.3, -0.25) is 4.98 Å². The molecule has 1 aromatic heterocycles. The van der Waals surface area contributed by atoms with Gasteiger partial charge in [-0.05, 0) is 31.9 Å². The van der Waals surface area contributed by atoms with E-state index in [1.165, 1.54) is 0 Å². The molecular weight excluding hydrogens is 252 g/mol. The normalized spacial score (nSPS) is 12.4. The molecule has 0 fully saturated rings. The Labute approximate surface area is 122 Å². The Morgan fingerprint density at radius 2 is 2.00 bits per heavy atom. The molecule has 0 radical (unpaired) electrons. The largest absolute Gasteiger partial charge is 0.489 e. The SMILES string of the molecule is CCCCOCCOc1ccc(C)nc1CC(N)CC. The number of pyridine rings is 1. The third-order valence-electron chi connectivity index (χ3n) is 3.18. The number of ether oxygens (including phenoxy) is 2. The number of hydrogen-bond acceptors (Lipinski definition) is 4. The maximum absolute atomic E-state index is 6.01. The topological polar surface area (TPSA) is 57.4 Å².